The quantitative estimate of drug-likeness (QED) is 0.230. The Morgan fingerprint density at radius 2 is 1.61 bits per heavy atom. The lowest BCUT2D eigenvalue weighted by Gasteiger charge is -2.37. The first-order chi connectivity index (χ1) is 15.8. The van der Waals surface area contributed by atoms with Gasteiger partial charge in [0.25, 0.3) is 11.8 Å². The maximum atomic E-state index is 12.5. The summed E-state index contributed by atoms with van der Waals surface area (Å²) in [7, 11) is 0. The van der Waals surface area contributed by atoms with E-state index in [0.29, 0.717) is 50.5 Å². The van der Waals surface area contributed by atoms with Crippen LogP contribution in [0.25, 0.3) is 0 Å². The molecule has 4 N–H and O–H groups in total. The van der Waals surface area contributed by atoms with Crippen LogP contribution >= 0.6 is 12.6 Å². The van der Waals surface area contributed by atoms with Gasteiger partial charge in [-0.25, -0.2) is 0 Å². The third-order valence-electron chi connectivity index (χ3n) is 5.43. The van der Waals surface area contributed by atoms with Gasteiger partial charge in [-0.1, -0.05) is 24.3 Å². The second-order valence-electron chi connectivity index (χ2n) is 7.84. The molecule has 2 rings (SSSR count). The monoisotopic (exact) mass is 478 g/mol. The molecule has 0 radical (unpaired) electrons. The number of piperazine rings is 1. The Kier molecular flexibility index (Phi) is 11.2. The number of para-hydroxylation sites is 1. The topological polar surface area (TPSA) is 122 Å². The number of benzene rings is 1. The van der Waals surface area contributed by atoms with E-state index < -0.39 is 24.0 Å². The number of amides is 3. The van der Waals surface area contributed by atoms with E-state index in [1.165, 1.54) is 4.90 Å². The fraction of sp³-hybridized carbons (Fsp3) is 0.522. The van der Waals surface area contributed by atoms with Crippen LogP contribution in [0, 0.1) is 0 Å². The number of carbonyl (C=O) groups is 3. The SMILES string of the molecule is C/C=C(\S)CC(=O)NCCCCNC(=O)[C@H](O)[C@@H](O)C(=O)N1CCN(c2ccccc2)CC1. The van der Waals surface area contributed by atoms with E-state index in [2.05, 4.69) is 28.2 Å². The Labute approximate surface area is 200 Å². The molecule has 0 unspecified atom stereocenters. The highest BCUT2D eigenvalue weighted by atomic mass is 32.1. The van der Waals surface area contributed by atoms with Crippen LogP contribution in [0.4, 0.5) is 5.69 Å². The third-order valence-corrected chi connectivity index (χ3v) is 5.85. The van der Waals surface area contributed by atoms with Crippen molar-refractivity contribution in [3.63, 3.8) is 0 Å². The summed E-state index contributed by atoms with van der Waals surface area (Å²) in [5, 5.41) is 25.6. The molecule has 1 aromatic rings. The second-order valence-corrected chi connectivity index (χ2v) is 8.42. The summed E-state index contributed by atoms with van der Waals surface area (Å²) in [5.41, 5.74) is 1.06. The van der Waals surface area contributed by atoms with Crippen molar-refractivity contribution < 1.29 is 24.6 Å². The number of allylic oxidation sites excluding steroid dienone is 1. The van der Waals surface area contributed by atoms with Gasteiger partial charge in [0.15, 0.2) is 12.2 Å². The van der Waals surface area contributed by atoms with Crippen molar-refractivity contribution in [2.45, 2.75) is 38.4 Å². The maximum absolute atomic E-state index is 12.5. The van der Waals surface area contributed by atoms with Gasteiger partial charge >= 0.3 is 0 Å². The summed E-state index contributed by atoms with van der Waals surface area (Å²) in [6, 6.07) is 9.83. The number of nitrogens with one attached hydrogen (secondary N) is 2. The van der Waals surface area contributed by atoms with Gasteiger partial charge in [0.05, 0.1) is 6.42 Å². The van der Waals surface area contributed by atoms with E-state index >= 15 is 0 Å². The molecule has 9 nitrogen and oxygen atoms in total. The largest absolute Gasteiger partial charge is 0.380 e. The molecule has 0 aliphatic carbocycles. The zero-order chi connectivity index (χ0) is 24.2. The van der Waals surface area contributed by atoms with Crippen LogP contribution in [0.3, 0.4) is 0 Å². The van der Waals surface area contributed by atoms with Gasteiger partial charge in [0.2, 0.25) is 5.91 Å². The van der Waals surface area contributed by atoms with Crippen LogP contribution in [0.5, 0.6) is 0 Å². The number of unbranched alkanes of at least 4 members (excludes halogenated alkanes) is 1. The smallest absolute Gasteiger partial charge is 0.254 e. The molecule has 2 atom stereocenters. The van der Waals surface area contributed by atoms with Crippen LogP contribution in [-0.4, -0.2) is 84.3 Å². The average Bonchev–Trinajstić information content (AvgIpc) is 2.85. The first kappa shape index (κ1) is 26.7. The number of nitrogens with zero attached hydrogens (tertiary/aromatic N) is 2. The predicted octanol–water partition coefficient (Wildman–Crippen LogP) is 0.293. The third kappa shape index (κ3) is 8.71. The van der Waals surface area contributed by atoms with E-state index in [0.717, 1.165) is 5.69 Å². The molecule has 1 heterocycles. The fourth-order valence-corrected chi connectivity index (χ4v) is 3.56. The first-order valence-electron chi connectivity index (χ1n) is 11.2. The molecule has 0 spiro atoms. The molecule has 1 aliphatic heterocycles. The lowest BCUT2D eigenvalue weighted by molar-refractivity contribution is -0.153. The molecule has 182 valence electrons. The molecular weight excluding hydrogens is 444 g/mol. The molecule has 0 bridgehead atoms. The van der Waals surface area contributed by atoms with Crippen LogP contribution in [0.1, 0.15) is 26.2 Å². The summed E-state index contributed by atoms with van der Waals surface area (Å²) in [4.78, 5) is 40.6. The number of thiol groups is 1. The summed E-state index contributed by atoms with van der Waals surface area (Å²) >= 11 is 4.15. The van der Waals surface area contributed by atoms with Gasteiger partial charge in [-0.05, 0) is 36.8 Å². The lowest BCUT2D eigenvalue weighted by atomic mass is 10.1. The fourth-order valence-electron chi connectivity index (χ4n) is 3.41. The Hall–Kier alpha value is -2.56. The molecule has 1 aromatic carbocycles. The highest BCUT2D eigenvalue weighted by Crippen LogP contribution is 2.16. The van der Waals surface area contributed by atoms with Crippen molar-refractivity contribution in [1.29, 1.82) is 0 Å². The van der Waals surface area contributed by atoms with E-state index in [1.54, 1.807) is 6.08 Å². The van der Waals surface area contributed by atoms with E-state index in [-0.39, 0.29) is 18.9 Å². The standard InChI is InChI=1S/C23H34N4O5S/c1-2-18(33)16-19(28)24-10-6-7-11-25-22(31)20(29)21(30)23(32)27-14-12-26(13-15-27)17-8-4-3-5-9-17/h2-5,8-9,20-21,29-30,33H,6-7,10-16H2,1H3,(H,24,28)(H,25,31)/b18-2-/t20-,21-/m1/s1. The van der Waals surface area contributed by atoms with Crippen molar-refractivity contribution in [2.24, 2.45) is 0 Å². The van der Waals surface area contributed by atoms with Gasteiger partial charge in [-0.15, -0.1) is 12.6 Å². The minimum atomic E-state index is -1.83. The summed E-state index contributed by atoms with van der Waals surface area (Å²) in [6.45, 7) is 4.52. The van der Waals surface area contributed by atoms with E-state index in [4.69, 9.17) is 0 Å². The van der Waals surface area contributed by atoms with Gasteiger partial charge in [-0.3, -0.25) is 14.4 Å². The molecule has 10 heteroatoms. The highest BCUT2D eigenvalue weighted by molar-refractivity contribution is 7.84. The molecule has 0 aromatic heterocycles. The number of carbonyl (C=O) groups excluding carboxylic acids is 3. The summed E-state index contributed by atoms with van der Waals surface area (Å²) < 4.78 is 0. The molecule has 1 saturated heterocycles. The van der Waals surface area contributed by atoms with Crippen LogP contribution in [0.15, 0.2) is 41.3 Å². The highest BCUT2D eigenvalue weighted by Gasteiger charge is 2.34. The minimum Gasteiger partial charge on any atom is -0.380 e. The van der Waals surface area contributed by atoms with Crippen LogP contribution in [0.2, 0.25) is 0 Å². The number of aliphatic hydroxyl groups is 2. The summed E-state index contributed by atoms with van der Waals surface area (Å²) in [6.07, 6.45) is -0.453. The Morgan fingerprint density at radius 1 is 1.00 bits per heavy atom. The van der Waals surface area contributed by atoms with Gasteiger partial charge in [0, 0.05) is 45.0 Å². The summed E-state index contributed by atoms with van der Waals surface area (Å²) in [5.74, 6) is -1.57. The molecular formula is C23H34N4O5S. The van der Waals surface area contributed by atoms with Gasteiger partial charge < -0.3 is 30.6 Å². The van der Waals surface area contributed by atoms with Crippen molar-refractivity contribution in [3.05, 3.63) is 41.3 Å². The Morgan fingerprint density at radius 3 is 2.21 bits per heavy atom. The number of aliphatic hydroxyl groups excluding tert-OH is 2. The van der Waals surface area contributed by atoms with Gasteiger partial charge in [0.1, 0.15) is 0 Å². The average molecular weight is 479 g/mol. The van der Waals surface area contributed by atoms with Crippen LogP contribution in [-0.2, 0) is 14.4 Å². The number of hydrogen-bond acceptors (Lipinski definition) is 7. The molecule has 1 fully saturated rings. The first-order valence-corrected chi connectivity index (χ1v) is 11.6. The lowest BCUT2D eigenvalue weighted by Crippen LogP contribution is -2.55. The number of anilines is 1. The van der Waals surface area contributed by atoms with Crippen molar-refractivity contribution in [1.82, 2.24) is 15.5 Å². The minimum absolute atomic E-state index is 0.121. The van der Waals surface area contributed by atoms with Gasteiger partial charge in [-0.2, -0.15) is 0 Å². The number of rotatable bonds is 11. The number of hydrogen-bond donors (Lipinski definition) is 5. The van der Waals surface area contributed by atoms with E-state index in [9.17, 15) is 24.6 Å². The van der Waals surface area contributed by atoms with E-state index in [1.807, 2.05) is 37.3 Å². The normalized spacial score (nSPS) is 16.2. The van der Waals surface area contributed by atoms with Crippen molar-refractivity contribution in [2.75, 3.05) is 44.2 Å². The maximum Gasteiger partial charge on any atom is 0.254 e. The Bertz CT molecular complexity index is 812. The van der Waals surface area contributed by atoms with Crippen molar-refractivity contribution in [3.8, 4) is 0 Å². The zero-order valence-corrected chi connectivity index (χ0v) is 19.8. The predicted molar refractivity (Wildman–Crippen MR) is 130 cm³/mol. The molecule has 0 saturated carbocycles. The van der Waals surface area contributed by atoms with Crippen LogP contribution < -0.4 is 15.5 Å². The molecule has 3 amide bonds. The Balaban J connectivity index is 1.65. The van der Waals surface area contributed by atoms with Crippen molar-refractivity contribution >= 4 is 36.0 Å². The molecule has 33 heavy (non-hydrogen) atoms. The molecule has 1 aliphatic rings. The second kappa shape index (κ2) is 13.9. The zero-order valence-electron chi connectivity index (χ0n) is 18.9.